The van der Waals surface area contributed by atoms with E-state index in [9.17, 15) is 14.4 Å². The Morgan fingerprint density at radius 2 is 1.83 bits per heavy atom. The second-order valence-corrected chi connectivity index (χ2v) is 9.77. The molecule has 9 nitrogen and oxygen atoms in total. The molecule has 1 aromatic heterocycles. The van der Waals surface area contributed by atoms with Crippen LogP contribution in [0.4, 0.5) is 5.69 Å². The van der Waals surface area contributed by atoms with Gasteiger partial charge in [-0.05, 0) is 50.1 Å². The Labute approximate surface area is 211 Å². The Morgan fingerprint density at radius 3 is 2.50 bits per heavy atom. The van der Waals surface area contributed by atoms with E-state index < -0.39 is 0 Å². The van der Waals surface area contributed by atoms with Gasteiger partial charge in [-0.1, -0.05) is 6.92 Å². The molecule has 36 heavy (non-hydrogen) atoms. The van der Waals surface area contributed by atoms with E-state index in [-0.39, 0.29) is 48.3 Å². The maximum absolute atomic E-state index is 13.5. The number of likely N-dealkylation sites (N-methyl/N-ethyl adjacent to an activating group) is 1. The lowest BCUT2D eigenvalue weighted by molar-refractivity contribution is -0.117. The van der Waals surface area contributed by atoms with Gasteiger partial charge in [0.15, 0.2) is 0 Å². The SMILES string of the molecule is CO[C@@H]1CN(C)C(=O)c2cc(NC(=O)C3CC3)ccc2OC[C@H](C)N(C(=O)c2ccncc2)C[C@@H]1C. The number of hydrogen-bond acceptors (Lipinski definition) is 6. The highest BCUT2D eigenvalue weighted by Gasteiger charge is 2.32. The summed E-state index contributed by atoms with van der Waals surface area (Å²) < 4.78 is 11.9. The number of anilines is 1. The lowest BCUT2D eigenvalue weighted by atomic mass is 10.0. The fraction of sp³-hybridized carbons (Fsp3) is 0.481. The highest BCUT2D eigenvalue weighted by Crippen LogP contribution is 2.31. The van der Waals surface area contributed by atoms with Crippen molar-refractivity contribution >= 4 is 23.4 Å². The van der Waals surface area contributed by atoms with Crippen molar-refractivity contribution in [1.29, 1.82) is 0 Å². The number of rotatable bonds is 4. The van der Waals surface area contributed by atoms with E-state index in [0.717, 1.165) is 12.8 Å². The minimum atomic E-state index is -0.291. The van der Waals surface area contributed by atoms with Crippen molar-refractivity contribution in [2.24, 2.45) is 11.8 Å². The fourth-order valence-corrected chi connectivity index (χ4v) is 4.39. The van der Waals surface area contributed by atoms with E-state index in [1.54, 1.807) is 66.7 Å². The number of nitrogens with one attached hydrogen (secondary N) is 1. The number of benzene rings is 1. The molecule has 3 amide bonds. The number of hydrogen-bond donors (Lipinski definition) is 1. The summed E-state index contributed by atoms with van der Waals surface area (Å²) in [6.45, 7) is 4.90. The molecule has 4 rings (SSSR count). The van der Waals surface area contributed by atoms with Gasteiger partial charge in [0.1, 0.15) is 12.4 Å². The summed E-state index contributed by atoms with van der Waals surface area (Å²) in [4.78, 5) is 46.6. The van der Waals surface area contributed by atoms with E-state index >= 15 is 0 Å². The number of nitrogens with zero attached hydrogens (tertiary/aromatic N) is 3. The van der Waals surface area contributed by atoms with Gasteiger partial charge in [0.25, 0.3) is 11.8 Å². The Balaban J connectivity index is 1.65. The van der Waals surface area contributed by atoms with Crippen molar-refractivity contribution in [1.82, 2.24) is 14.8 Å². The first-order valence-corrected chi connectivity index (χ1v) is 12.4. The number of ether oxygens (including phenoxy) is 2. The number of carbonyl (C=O) groups is 3. The number of methoxy groups -OCH3 is 1. The molecule has 3 atom stereocenters. The quantitative estimate of drug-likeness (QED) is 0.701. The predicted octanol–water partition coefficient (Wildman–Crippen LogP) is 3.08. The van der Waals surface area contributed by atoms with E-state index in [0.29, 0.717) is 35.7 Å². The highest BCUT2D eigenvalue weighted by molar-refractivity contribution is 6.00. The summed E-state index contributed by atoms with van der Waals surface area (Å²) in [6, 6.07) is 8.22. The molecule has 1 aliphatic heterocycles. The largest absolute Gasteiger partial charge is 0.491 e. The van der Waals surface area contributed by atoms with Crippen molar-refractivity contribution in [2.75, 3.05) is 39.2 Å². The molecule has 1 aromatic carbocycles. The molecule has 0 saturated heterocycles. The molecule has 192 valence electrons. The van der Waals surface area contributed by atoms with Crippen LogP contribution in [-0.2, 0) is 9.53 Å². The van der Waals surface area contributed by atoms with Gasteiger partial charge >= 0.3 is 0 Å². The summed E-state index contributed by atoms with van der Waals surface area (Å²) in [6.07, 6.45) is 4.70. The van der Waals surface area contributed by atoms with Gasteiger partial charge in [-0.15, -0.1) is 0 Å². The van der Waals surface area contributed by atoms with Crippen molar-refractivity contribution < 1.29 is 23.9 Å². The zero-order valence-corrected chi connectivity index (χ0v) is 21.3. The molecule has 0 spiro atoms. The van der Waals surface area contributed by atoms with Crippen molar-refractivity contribution in [3.8, 4) is 5.75 Å². The lowest BCUT2D eigenvalue weighted by Gasteiger charge is -2.36. The van der Waals surface area contributed by atoms with Crippen molar-refractivity contribution in [3.05, 3.63) is 53.9 Å². The molecular formula is C27H34N4O5. The molecule has 0 unspecified atom stereocenters. The van der Waals surface area contributed by atoms with Crippen LogP contribution in [0.2, 0.25) is 0 Å². The van der Waals surface area contributed by atoms with E-state index in [1.807, 2.05) is 13.8 Å². The zero-order chi connectivity index (χ0) is 25.8. The van der Waals surface area contributed by atoms with Crippen LogP contribution in [0.15, 0.2) is 42.7 Å². The Bertz CT molecular complexity index is 1100. The highest BCUT2D eigenvalue weighted by atomic mass is 16.5. The van der Waals surface area contributed by atoms with Gasteiger partial charge < -0.3 is 24.6 Å². The summed E-state index contributed by atoms with van der Waals surface area (Å²) >= 11 is 0. The molecule has 1 N–H and O–H groups in total. The molecule has 2 aliphatic rings. The van der Waals surface area contributed by atoms with Gasteiger partial charge in [-0.2, -0.15) is 0 Å². The van der Waals surface area contributed by atoms with E-state index in [4.69, 9.17) is 9.47 Å². The fourth-order valence-electron chi connectivity index (χ4n) is 4.39. The molecule has 2 aromatic rings. The molecule has 1 fully saturated rings. The summed E-state index contributed by atoms with van der Waals surface area (Å²) in [5, 5.41) is 2.90. The second-order valence-electron chi connectivity index (χ2n) is 9.77. The first kappa shape index (κ1) is 25.6. The number of fused-ring (bicyclic) bond motifs is 1. The first-order chi connectivity index (χ1) is 17.3. The smallest absolute Gasteiger partial charge is 0.257 e. The monoisotopic (exact) mass is 494 g/mol. The van der Waals surface area contributed by atoms with Crippen molar-refractivity contribution in [2.45, 2.75) is 38.8 Å². The lowest BCUT2D eigenvalue weighted by Crippen LogP contribution is -2.48. The number of carbonyl (C=O) groups excluding carboxylic acids is 3. The summed E-state index contributed by atoms with van der Waals surface area (Å²) in [5.41, 5.74) is 1.46. The topological polar surface area (TPSA) is 101 Å². The third-order valence-electron chi connectivity index (χ3n) is 6.85. The van der Waals surface area contributed by atoms with Gasteiger partial charge in [0, 0.05) is 62.7 Å². The summed E-state index contributed by atoms with van der Waals surface area (Å²) in [5.74, 6) is 0.0321. The van der Waals surface area contributed by atoms with E-state index in [1.165, 1.54) is 0 Å². The Hall–Kier alpha value is -3.46. The van der Waals surface area contributed by atoms with Crippen LogP contribution in [0.1, 0.15) is 47.4 Å². The third kappa shape index (κ3) is 5.84. The average Bonchev–Trinajstić information content (AvgIpc) is 3.74. The van der Waals surface area contributed by atoms with Crippen LogP contribution in [0.3, 0.4) is 0 Å². The minimum absolute atomic E-state index is 0.0306. The number of aromatic nitrogens is 1. The third-order valence-corrected chi connectivity index (χ3v) is 6.85. The maximum atomic E-state index is 13.5. The zero-order valence-electron chi connectivity index (χ0n) is 21.3. The Kier molecular flexibility index (Phi) is 7.88. The molecule has 1 aliphatic carbocycles. The maximum Gasteiger partial charge on any atom is 0.257 e. The molecule has 2 heterocycles. The first-order valence-electron chi connectivity index (χ1n) is 12.4. The van der Waals surface area contributed by atoms with Crippen LogP contribution in [-0.4, -0.2) is 78.5 Å². The molecule has 0 bridgehead atoms. The van der Waals surface area contributed by atoms with Crippen LogP contribution in [0.25, 0.3) is 0 Å². The minimum Gasteiger partial charge on any atom is -0.491 e. The van der Waals surface area contributed by atoms with Gasteiger partial charge in [0.2, 0.25) is 5.91 Å². The van der Waals surface area contributed by atoms with Crippen molar-refractivity contribution in [3.63, 3.8) is 0 Å². The molecule has 0 radical (unpaired) electrons. The second kappa shape index (κ2) is 11.1. The standard InChI is InChI=1S/C27H34N4O5/c1-17-14-31(26(33)20-9-11-28-12-10-20)18(2)16-36-23-8-7-21(29-25(32)19-5-6-19)13-22(23)27(34)30(3)15-24(17)35-4/h7-13,17-19,24H,5-6,14-16H2,1-4H3,(H,29,32)/t17-,18-,24+/m0/s1. The van der Waals surface area contributed by atoms with Crippen LogP contribution in [0, 0.1) is 11.8 Å². The molecule has 9 heteroatoms. The number of amides is 3. The molecule has 1 saturated carbocycles. The van der Waals surface area contributed by atoms with Gasteiger partial charge in [0.05, 0.1) is 17.7 Å². The van der Waals surface area contributed by atoms with E-state index in [2.05, 4.69) is 10.3 Å². The van der Waals surface area contributed by atoms with Gasteiger partial charge in [-0.3, -0.25) is 19.4 Å². The normalized spacial score (nSPS) is 23.1. The van der Waals surface area contributed by atoms with Crippen LogP contribution >= 0.6 is 0 Å². The predicted molar refractivity (Wildman–Crippen MR) is 135 cm³/mol. The average molecular weight is 495 g/mol. The summed E-state index contributed by atoms with van der Waals surface area (Å²) in [7, 11) is 3.33. The number of pyridine rings is 1. The Morgan fingerprint density at radius 1 is 1.11 bits per heavy atom. The van der Waals surface area contributed by atoms with Gasteiger partial charge in [-0.25, -0.2) is 0 Å². The van der Waals surface area contributed by atoms with Crippen LogP contribution in [0.5, 0.6) is 5.75 Å². The van der Waals surface area contributed by atoms with Crippen LogP contribution < -0.4 is 10.1 Å². The molecular weight excluding hydrogens is 460 g/mol.